The predicted molar refractivity (Wildman–Crippen MR) is 122 cm³/mol. The maximum Gasteiger partial charge on any atom is 0.336 e. The van der Waals surface area contributed by atoms with Crippen LogP contribution in [-0.2, 0) is 14.3 Å². The Bertz CT molecular complexity index is 1320. The molecule has 0 saturated carbocycles. The number of methoxy groups -OCH3 is 1. The third-order valence-corrected chi connectivity index (χ3v) is 7.72. The van der Waals surface area contributed by atoms with Crippen LogP contribution in [-0.4, -0.2) is 46.1 Å². The average Bonchev–Trinajstić information content (AvgIpc) is 3.21. The van der Waals surface area contributed by atoms with E-state index >= 15 is 0 Å². The summed E-state index contributed by atoms with van der Waals surface area (Å²) in [5, 5.41) is 4.80. The highest BCUT2D eigenvalue weighted by molar-refractivity contribution is 8.01. The molecule has 0 unspecified atom stereocenters. The summed E-state index contributed by atoms with van der Waals surface area (Å²) in [6.07, 6.45) is 0. The van der Waals surface area contributed by atoms with E-state index in [0.717, 1.165) is 22.2 Å². The molecule has 3 atom stereocenters. The van der Waals surface area contributed by atoms with Gasteiger partial charge in [0.05, 0.1) is 12.8 Å². The largest absolute Gasteiger partial charge is 0.467 e. The van der Waals surface area contributed by atoms with Crippen molar-refractivity contribution in [3.8, 4) is 0 Å². The van der Waals surface area contributed by atoms with E-state index < -0.39 is 28.4 Å². The number of benzene rings is 1. The van der Waals surface area contributed by atoms with Crippen molar-refractivity contribution in [2.45, 2.75) is 55.8 Å². The van der Waals surface area contributed by atoms with Crippen LogP contribution in [0.15, 0.2) is 37.9 Å². The van der Waals surface area contributed by atoms with Gasteiger partial charge in [0, 0.05) is 33.6 Å². The summed E-state index contributed by atoms with van der Waals surface area (Å²) in [7, 11) is 1.34. The number of carbonyl (C=O) groups excluding carboxylic acids is 2. The SMILES string of the molecule is COC(=O)[C@@H]1N2C(=O)[C@@H](Nc3c(C(C)C)oc4cc5oc(=O)ccc5cc34)[C@H]2SC1(C)C. The molecule has 168 valence electrons. The summed E-state index contributed by atoms with van der Waals surface area (Å²) in [6, 6.07) is 5.58. The smallest absolute Gasteiger partial charge is 0.336 e. The van der Waals surface area contributed by atoms with Gasteiger partial charge in [0.1, 0.15) is 34.4 Å². The van der Waals surface area contributed by atoms with Crippen LogP contribution in [0.25, 0.3) is 21.9 Å². The van der Waals surface area contributed by atoms with Crippen LogP contribution in [0.5, 0.6) is 0 Å². The monoisotopic (exact) mass is 456 g/mol. The minimum atomic E-state index is -0.620. The first-order valence-electron chi connectivity index (χ1n) is 10.5. The minimum absolute atomic E-state index is 0.0572. The first kappa shape index (κ1) is 20.9. The van der Waals surface area contributed by atoms with Gasteiger partial charge in [-0.3, -0.25) is 4.79 Å². The fourth-order valence-corrected chi connectivity index (χ4v) is 6.25. The topological polar surface area (TPSA) is 102 Å². The number of rotatable bonds is 4. The Morgan fingerprint density at radius 3 is 2.62 bits per heavy atom. The number of hydrogen-bond acceptors (Lipinski definition) is 8. The lowest BCUT2D eigenvalue weighted by molar-refractivity contribution is -0.160. The zero-order valence-electron chi connectivity index (χ0n) is 18.4. The third kappa shape index (κ3) is 2.94. The van der Waals surface area contributed by atoms with Crippen LogP contribution in [0.3, 0.4) is 0 Å². The van der Waals surface area contributed by atoms with Crippen LogP contribution in [0.2, 0.25) is 0 Å². The fraction of sp³-hybridized carbons (Fsp3) is 0.435. The van der Waals surface area contributed by atoms with Crippen LogP contribution in [0.1, 0.15) is 39.4 Å². The number of esters is 1. The van der Waals surface area contributed by atoms with E-state index in [9.17, 15) is 14.4 Å². The Morgan fingerprint density at radius 1 is 1.19 bits per heavy atom. The van der Waals surface area contributed by atoms with Gasteiger partial charge in [-0.05, 0) is 26.0 Å². The number of anilines is 1. The maximum atomic E-state index is 13.1. The second-order valence-corrected chi connectivity index (χ2v) is 10.8. The zero-order valence-corrected chi connectivity index (χ0v) is 19.2. The fourth-order valence-electron chi connectivity index (χ4n) is 4.63. The van der Waals surface area contributed by atoms with Crippen LogP contribution >= 0.6 is 11.8 Å². The lowest BCUT2D eigenvalue weighted by Gasteiger charge is -2.44. The Hall–Kier alpha value is -2.94. The molecule has 2 saturated heterocycles. The third-order valence-electron chi connectivity index (χ3n) is 6.15. The average molecular weight is 457 g/mol. The summed E-state index contributed by atoms with van der Waals surface area (Å²) in [5.74, 6) is 0.234. The number of amides is 1. The molecule has 2 fully saturated rings. The van der Waals surface area contributed by atoms with E-state index in [1.54, 1.807) is 28.8 Å². The Balaban J connectivity index is 1.55. The second kappa shape index (κ2) is 7.03. The lowest BCUT2D eigenvalue weighted by atomic mass is 9.95. The molecule has 2 aliphatic rings. The molecule has 8 nitrogen and oxygen atoms in total. The number of nitrogens with one attached hydrogen (secondary N) is 1. The Labute approximate surface area is 188 Å². The van der Waals surface area contributed by atoms with Crippen LogP contribution < -0.4 is 10.9 Å². The molecule has 0 bridgehead atoms. The van der Waals surface area contributed by atoms with Gasteiger partial charge < -0.3 is 23.8 Å². The van der Waals surface area contributed by atoms with Crippen molar-refractivity contribution >= 4 is 51.3 Å². The molecule has 9 heteroatoms. The van der Waals surface area contributed by atoms with Crippen molar-refractivity contribution in [1.82, 2.24) is 4.90 Å². The van der Waals surface area contributed by atoms with Gasteiger partial charge >= 0.3 is 11.6 Å². The zero-order chi connectivity index (χ0) is 22.9. The summed E-state index contributed by atoms with van der Waals surface area (Å²) < 4.78 is 15.9. The van der Waals surface area contributed by atoms with Gasteiger partial charge in [-0.1, -0.05) is 13.8 Å². The number of nitrogens with zero attached hydrogens (tertiary/aromatic N) is 1. The van der Waals surface area contributed by atoms with Crippen LogP contribution in [0, 0.1) is 0 Å². The molecule has 5 rings (SSSR count). The molecule has 4 heterocycles. The number of thioether (sulfide) groups is 1. The quantitative estimate of drug-likeness (QED) is 0.360. The minimum Gasteiger partial charge on any atom is -0.467 e. The number of fused-ring (bicyclic) bond motifs is 3. The van der Waals surface area contributed by atoms with Gasteiger partial charge in [0.15, 0.2) is 0 Å². The van der Waals surface area contributed by atoms with Crippen molar-refractivity contribution in [3.63, 3.8) is 0 Å². The molecule has 3 aromatic rings. The number of β-lactam (4-membered cyclic amide) rings is 1. The molecule has 0 aliphatic carbocycles. The molecule has 0 spiro atoms. The first-order chi connectivity index (χ1) is 15.1. The van der Waals surface area contributed by atoms with E-state index in [1.165, 1.54) is 13.2 Å². The van der Waals surface area contributed by atoms with Crippen molar-refractivity contribution < 1.29 is 23.2 Å². The molecule has 2 aromatic heterocycles. The Kier molecular flexibility index (Phi) is 4.60. The number of hydrogen-bond donors (Lipinski definition) is 1. The van der Waals surface area contributed by atoms with E-state index in [2.05, 4.69) is 5.32 Å². The van der Waals surface area contributed by atoms with E-state index in [4.69, 9.17) is 13.6 Å². The van der Waals surface area contributed by atoms with Gasteiger partial charge in [-0.15, -0.1) is 11.8 Å². The molecular formula is C23H24N2O6S. The normalized spacial score (nSPS) is 24.1. The van der Waals surface area contributed by atoms with Crippen molar-refractivity contribution in [2.75, 3.05) is 12.4 Å². The standard InChI is InChI=1S/C23H24N2O6S/c1-10(2)18-16(12-8-11-6-7-15(26)30-13(11)9-14(12)31-18)24-17-20(27)25-19(22(28)29-5)23(3,4)32-21(17)25/h6-10,17,19,21,24H,1-5H3/t17-,19+,21-/m1/s1. The van der Waals surface area contributed by atoms with Crippen molar-refractivity contribution in [1.29, 1.82) is 0 Å². The molecule has 2 aliphatic heterocycles. The predicted octanol–water partition coefficient (Wildman–Crippen LogP) is 3.68. The molecule has 0 radical (unpaired) electrons. The number of ether oxygens (including phenoxy) is 1. The summed E-state index contributed by atoms with van der Waals surface area (Å²) in [6.45, 7) is 7.93. The second-order valence-electron chi connectivity index (χ2n) is 9.04. The summed E-state index contributed by atoms with van der Waals surface area (Å²) in [5.41, 5.74) is 1.35. The maximum absolute atomic E-state index is 13.1. The van der Waals surface area contributed by atoms with Gasteiger partial charge in [0.2, 0.25) is 5.91 Å². The summed E-state index contributed by atoms with van der Waals surface area (Å²) >= 11 is 1.59. The molecular weight excluding hydrogens is 432 g/mol. The molecule has 1 aromatic carbocycles. The highest BCUT2D eigenvalue weighted by Gasteiger charge is 2.64. The van der Waals surface area contributed by atoms with Gasteiger partial charge in [-0.2, -0.15) is 0 Å². The lowest BCUT2D eigenvalue weighted by Crippen LogP contribution is -2.68. The van der Waals surface area contributed by atoms with E-state index in [1.807, 2.05) is 33.8 Å². The highest BCUT2D eigenvalue weighted by atomic mass is 32.2. The number of carbonyl (C=O) groups is 2. The number of furan rings is 1. The Morgan fingerprint density at radius 2 is 1.94 bits per heavy atom. The molecule has 32 heavy (non-hydrogen) atoms. The highest BCUT2D eigenvalue weighted by Crippen LogP contribution is 2.52. The summed E-state index contributed by atoms with van der Waals surface area (Å²) in [4.78, 5) is 38.7. The van der Waals surface area contributed by atoms with E-state index in [0.29, 0.717) is 11.2 Å². The first-order valence-corrected chi connectivity index (χ1v) is 11.3. The van der Waals surface area contributed by atoms with Gasteiger partial charge in [-0.25, -0.2) is 9.59 Å². The molecule has 1 amide bonds. The molecule has 1 N–H and O–H groups in total. The van der Waals surface area contributed by atoms with Gasteiger partial charge in [0.25, 0.3) is 0 Å². The van der Waals surface area contributed by atoms with E-state index in [-0.39, 0.29) is 17.2 Å². The van der Waals surface area contributed by atoms with Crippen molar-refractivity contribution in [2.24, 2.45) is 0 Å². The van der Waals surface area contributed by atoms with Crippen LogP contribution in [0.4, 0.5) is 5.69 Å². The van der Waals surface area contributed by atoms with Crippen molar-refractivity contribution in [3.05, 3.63) is 40.4 Å².